The Morgan fingerprint density at radius 3 is 2.70 bits per heavy atom. The highest BCUT2D eigenvalue weighted by Gasteiger charge is 2.10. The highest BCUT2D eigenvalue weighted by atomic mass is 16.5. The smallest absolute Gasteiger partial charge is 0.251 e. The lowest BCUT2D eigenvalue weighted by molar-refractivity contribution is 0.0953. The Hall–Kier alpha value is -4.00. The van der Waals surface area contributed by atoms with Gasteiger partial charge in [-0.1, -0.05) is 12.1 Å². The van der Waals surface area contributed by atoms with Gasteiger partial charge in [-0.2, -0.15) is 0 Å². The number of aromatic nitrogens is 2. The summed E-state index contributed by atoms with van der Waals surface area (Å²) in [5.41, 5.74) is 4.37. The van der Waals surface area contributed by atoms with Crippen molar-refractivity contribution in [2.45, 2.75) is 20.0 Å². The van der Waals surface area contributed by atoms with Crippen LogP contribution in [0.3, 0.4) is 0 Å². The Bertz CT molecular complexity index is 1270. The van der Waals surface area contributed by atoms with Crippen molar-refractivity contribution in [1.29, 1.82) is 0 Å². The van der Waals surface area contributed by atoms with Crippen LogP contribution < -0.4 is 19.5 Å². The molecule has 7 heteroatoms. The summed E-state index contributed by atoms with van der Waals surface area (Å²) in [7, 11) is 3.25. The molecule has 0 saturated heterocycles. The molecule has 1 N–H and O–H groups in total. The molecule has 2 heterocycles. The molecule has 33 heavy (non-hydrogen) atoms. The van der Waals surface area contributed by atoms with E-state index in [1.54, 1.807) is 26.4 Å². The van der Waals surface area contributed by atoms with Crippen molar-refractivity contribution in [2.75, 3.05) is 20.8 Å². The second-order valence-corrected chi connectivity index (χ2v) is 7.70. The van der Waals surface area contributed by atoms with Crippen molar-refractivity contribution in [1.82, 2.24) is 14.7 Å². The fourth-order valence-corrected chi connectivity index (χ4v) is 3.60. The van der Waals surface area contributed by atoms with E-state index in [0.29, 0.717) is 30.9 Å². The third-order valence-corrected chi connectivity index (χ3v) is 5.30. The van der Waals surface area contributed by atoms with E-state index in [1.165, 1.54) is 0 Å². The average Bonchev–Trinajstić information content (AvgIpc) is 3.24. The lowest BCUT2D eigenvalue weighted by atomic mass is 10.1. The second-order valence-electron chi connectivity index (χ2n) is 7.70. The molecule has 4 aromatic rings. The molecule has 2 aromatic carbocycles. The standard InChI is InChI=1S/C26H27N3O4/c1-18-7-10-25-28-21(16-29(25)15-18)17-33-23-6-4-5-20(14-23)26(30)27-12-11-19-13-22(31-2)8-9-24(19)32-3/h4-10,13-16H,11-12,17H2,1-3H3,(H,27,30). The van der Waals surface area contributed by atoms with E-state index in [1.807, 2.05) is 66.2 Å². The molecule has 2 aromatic heterocycles. The Balaban J connectivity index is 1.34. The largest absolute Gasteiger partial charge is 0.497 e. The van der Waals surface area contributed by atoms with Gasteiger partial charge in [-0.3, -0.25) is 4.79 Å². The summed E-state index contributed by atoms with van der Waals surface area (Å²) in [6, 6.07) is 16.8. The summed E-state index contributed by atoms with van der Waals surface area (Å²) in [6.45, 7) is 2.83. The summed E-state index contributed by atoms with van der Waals surface area (Å²) < 4.78 is 18.5. The normalized spacial score (nSPS) is 10.8. The van der Waals surface area contributed by atoms with E-state index in [-0.39, 0.29) is 5.91 Å². The van der Waals surface area contributed by atoms with Gasteiger partial charge in [-0.15, -0.1) is 0 Å². The van der Waals surface area contributed by atoms with E-state index in [4.69, 9.17) is 14.2 Å². The molecule has 0 aliphatic carbocycles. The van der Waals surface area contributed by atoms with Crippen molar-refractivity contribution >= 4 is 11.6 Å². The zero-order valence-corrected chi connectivity index (χ0v) is 19.0. The van der Waals surface area contributed by atoms with Gasteiger partial charge in [0.05, 0.1) is 19.9 Å². The number of carbonyl (C=O) groups is 1. The molecule has 4 rings (SSSR count). The number of hydrogen-bond acceptors (Lipinski definition) is 5. The first-order valence-corrected chi connectivity index (χ1v) is 10.7. The van der Waals surface area contributed by atoms with Crippen LogP contribution in [0.4, 0.5) is 0 Å². The van der Waals surface area contributed by atoms with Crippen molar-refractivity contribution in [3.8, 4) is 17.2 Å². The van der Waals surface area contributed by atoms with Gasteiger partial charge >= 0.3 is 0 Å². The summed E-state index contributed by atoms with van der Waals surface area (Å²) >= 11 is 0. The number of amides is 1. The second kappa shape index (κ2) is 10.1. The van der Waals surface area contributed by atoms with Crippen molar-refractivity contribution in [2.24, 2.45) is 0 Å². The highest BCUT2D eigenvalue weighted by Crippen LogP contribution is 2.24. The van der Waals surface area contributed by atoms with Crippen LogP contribution in [0.25, 0.3) is 5.65 Å². The molecule has 0 atom stereocenters. The highest BCUT2D eigenvalue weighted by molar-refractivity contribution is 5.94. The van der Waals surface area contributed by atoms with Crippen LogP contribution in [0.5, 0.6) is 17.2 Å². The van der Waals surface area contributed by atoms with E-state index in [2.05, 4.69) is 10.3 Å². The van der Waals surface area contributed by atoms with Crippen LogP contribution >= 0.6 is 0 Å². The minimum Gasteiger partial charge on any atom is -0.497 e. The van der Waals surface area contributed by atoms with Gasteiger partial charge in [0.1, 0.15) is 29.5 Å². The Labute approximate surface area is 192 Å². The van der Waals surface area contributed by atoms with Crippen LogP contribution in [0.2, 0.25) is 0 Å². The predicted molar refractivity (Wildman–Crippen MR) is 126 cm³/mol. The molecule has 0 fully saturated rings. The summed E-state index contributed by atoms with van der Waals surface area (Å²) in [5.74, 6) is 1.97. The third-order valence-electron chi connectivity index (χ3n) is 5.30. The molecule has 7 nitrogen and oxygen atoms in total. The molecule has 0 saturated carbocycles. The monoisotopic (exact) mass is 445 g/mol. The number of imidazole rings is 1. The van der Waals surface area contributed by atoms with Crippen LogP contribution in [0, 0.1) is 6.92 Å². The quantitative estimate of drug-likeness (QED) is 0.418. The molecule has 1 amide bonds. The topological polar surface area (TPSA) is 74.1 Å². The first kappa shape index (κ1) is 22.2. The summed E-state index contributed by atoms with van der Waals surface area (Å²) in [4.78, 5) is 17.2. The number of nitrogens with one attached hydrogen (secondary N) is 1. The minimum absolute atomic E-state index is 0.162. The number of carbonyl (C=O) groups excluding carboxylic acids is 1. The molecule has 0 aliphatic rings. The van der Waals surface area contributed by atoms with E-state index in [0.717, 1.165) is 34.0 Å². The number of ether oxygens (including phenoxy) is 3. The average molecular weight is 446 g/mol. The van der Waals surface area contributed by atoms with Gasteiger partial charge in [0.2, 0.25) is 0 Å². The number of hydrogen-bond donors (Lipinski definition) is 1. The summed E-state index contributed by atoms with van der Waals surface area (Å²) in [6.07, 6.45) is 4.60. The van der Waals surface area contributed by atoms with Crippen molar-refractivity contribution in [3.63, 3.8) is 0 Å². The zero-order valence-electron chi connectivity index (χ0n) is 19.0. The van der Waals surface area contributed by atoms with E-state index >= 15 is 0 Å². The molecule has 0 radical (unpaired) electrons. The van der Waals surface area contributed by atoms with Gasteiger partial charge in [-0.25, -0.2) is 4.98 Å². The molecule has 0 aliphatic heterocycles. The Morgan fingerprint density at radius 1 is 1.00 bits per heavy atom. The maximum Gasteiger partial charge on any atom is 0.251 e. The third kappa shape index (κ3) is 5.44. The van der Waals surface area contributed by atoms with Gasteiger partial charge in [-0.05, 0) is 66.9 Å². The van der Waals surface area contributed by atoms with E-state index < -0.39 is 0 Å². The van der Waals surface area contributed by atoms with E-state index in [9.17, 15) is 4.79 Å². The number of aryl methyl sites for hydroxylation is 1. The van der Waals surface area contributed by atoms with Crippen LogP contribution in [-0.4, -0.2) is 36.1 Å². The lowest BCUT2D eigenvalue weighted by Gasteiger charge is -2.11. The molecular formula is C26H27N3O4. The van der Waals surface area contributed by atoms with Crippen molar-refractivity contribution in [3.05, 3.63) is 89.4 Å². The predicted octanol–water partition coefficient (Wildman–Crippen LogP) is 4.21. The minimum atomic E-state index is -0.162. The van der Waals surface area contributed by atoms with Gasteiger partial charge in [0, 0.05) is 24.5 Å². The SMILES string of the molecule is COc1ccc(OC)c(CCNC(=O)c2cccc(OCc3cn4cc(C)ccc4n3)c2)c1. The maximum absolute atomic E-state index is 12.6. The maximum atomic E-state index is 12.6. The van der Waals surface area contributed by atoms with Crippen molar-refractivity contribution < 1.29 is 19.0 Å². The van der Waals surface area contributed by atoms with Gasteiger partial charge in [0.15, 0.2) is 0 Å². The van der Waals surface area contributed by atoms with Crippen LogP contribution in [0.1, 0.15) is 27.2 Å². The van der Waals surface area contributed by atoms with Gasteiger partial charge in [0.25, 0.3) is 5.91 Å². The molecule has 0 spiro atoms. The fraction of sp³-hybridized carbons (Fsp3) is 0.231. The molecule has 0 bridgehead atoms. The molecule has 170 valence electrons. The number of methoxy groups -OCH3 is 2. The zero-order chi connectivity index (χ0) is 23.2. The Morgan fingerprint density at radius 2 is 1.88 bits per heavy atom. The first-order valence-electron chi connectivity index (χ1n) is 10.7. The van der Waals surface area contributed by atoms with Crippen LogP contribution in [0.15, 0.2) is 67.0 Å². The molecular weight excluding hydrogens is 418 g/mol. The lowest BCUT2D eigenvalue weighted by Crippen LogP contribution is -2.25. The number of rotatable bonds is 9. The number of nitrogens with zero attached hydrogens (tertiary/aromatic N) is 2. The number of benzene rings is 2. The Kier molecular flexibility index (Phi) is 6.78. The fourth-order valence-electron chi connectivity index (χ4n) is 3.60. The molecule has 0 unspecified atom stereocenters. The number of fused-ring (bicyclic) bond motifs is 1. The first-order chi connectivity index (χ1) is 16.1. The van der Waals surface area contributed by atoms with Crippen LogP contribution in [-0.2, 0) is 13.0 Å². The van der Waals surface area contributed by atoms with Gasteiger partial charge < -0.3 is 23.9 Å². The number of pyridine rings is 1. The summed E-state index contributed by atoms with van der Waals surface area (Å²) in [5, 5.41) is 2.95.